The number of hydrogen-bond acceptors (Lipinski definition) is 3. The number of rotatable bonds is 5. The number of nitrogens with zero attached hydrogens (tertiary/aromatic N) is 2. The van der Waals surface area contributed by atoms with E-state index in [1.807, 2.05) is 12.1 Å². The third kappa shape index (κ3) is 2.45. The Labute approximate surface area is 114 Å². The summed E-state index contributed by atoms with van der Waals surface area (Å²) in [5.74, 6) is 2.23. The van der Waals surface area contributed by atoms with E-state index in [4.69, 9.17) is 15.5 Å². The monoisotopic (exact) mass is 261 g/mol. The first-order valence-electron chi connectivity index (χ1n) is 6.88. The largest absolute Gasteiger partial charge is 0.497 e. The fraction of sp³-hybridized carbons (Fsp3) is 0.533. The van der Waals surface area contributed by atoms with Crippen LogP contribution in [0.15, 0.2) is 18.2 Å². The van der Waals surface area contributed by atoms with E-state index < -0.39 is 0 Å². The normalized spacial score (nSPS) is 13.2. The van der Waals surface area contributed by atoms with E-state index in [1.165, 1.54) is 0 Å². The van der Waals surface area contributed by atoms with Gasteiger partial charge in [0.05, 0.1) is 18.1 Å². The van der Waals surface area contributed by atoms with Gasteiger partial charge in [0.2, 0.25) is 0 Å². The van der Waals surface area contributed by atoms with Crippen molar-refractivity contribution in [2.75, 3.05) is 13.7 Å². The van der Waals surface area contributed by atoms with Gasteiger partial charge in [0.25, 0.3) is 0 Å². The molecule has 0 saturated heterocycles. The van der Waals surface area contributed by atoms with Gasteiger partial charge in [0.15, 0.2) is 0 Å². The van der Waals surface area contributed by atoms with Gasteiger partial charge in [0, 0.05) is 24.6 Å². The summed E-state index contributed by atoms with van der Waals surface area (Å²) in [5, 5.41) is 0. The van der Waals surface area contributed by atoms with E-state index >= 15 is 0 Å². The first-order chi connectivity index (χ1) is 9.12. The lowest BCUT2D eigenvalue weighted by Gasteiger charge is -2.18. The fourth-order valence-electron chi connectivity index (χ4n) is 2.51. The van der Waals surface area contributed by atoms with Crippen LogP contribution in [-0.4, -0.2) is 23.2 Å². The minimum Gasteiger partial charge on any atom is -0.497 e. The molecule has 4 nitrogen and oxygen atoms in total. The first-order valence-corrected chi connectivity index (χ1v) is 6.88. The van der Waals surface area contributed by atoms with Crippen LogP contribution in [0.1, 0.15) is 45.0 Å². The van der Waals surface area contributed by atoms with Crippen LogP contribution in [0.5, 0.6) is 5.75 Å². The van der Waals surface area contributed by atoms with Crippen molar-refractivity contribution in [2.24, 2.45) is 5.73 Å². The van der Waals surface area contributed by atoms with Crippen LogP contribution in [-0.2, 0) is 0 Å². The van der Waals surface area contributed by atoms with Gasteiger partial charge in [-0.15, -0.1) is 0 Å². The van der Waals surface area contributed by atoms with Gasteiger partial charge in [-0.05, 0) is 32.4 Å². The zero-order chi connectivity index (χ0) is 14.0. The Hall–Kier alpha value is -1.55. The van der Waals surface area contributed by atoms with Gasteiger partial charge in [-0.2, -0.15) is 0 Å². The van der Waals surface area contributed by atoms with Crippen LogP contribution >= 0.6 is 0 Å². The number of fused-ring (bicyclic) bond motifs is 1. The smallest absolute Gasteiger partial charge is 0.121 e. The Balaban J connectivity index is 2.65. The van der Waals surface area contributed by atoms with Crippen LogP contribution in [0.2, 0.25) is 0 Å². The van der Waals surface area contributed by atoms with Crippen LogP contribution in [0.25, 0.3) is 11.0 Å². The maximum absolute atomic E-state index is 5.88. The second-order valence-electron chi connectivity index (χ2n) is 5.13. The van der Waals surface area contributed by atoms with Crippen LogP contribution in [0.4, 0.5) is 0 Å². The van der Waals surface area contributed by atoms with Crippen molar-refractivity contribution in [1.29, 1.82) is 0 Å². The van der Waals surface area contributed by atoms with Crippen LogP contribution in [0, 0.1) is 0 Å². The third-order valence-corrected chi connectivity index (χ3v) is 3.58. The lowest BCUT2D eigenvalue weighted by molar-refractivity contribution is 0.415. The quantitative estimate of drug-likeness (QED) is 0.900. The van der Waals surface area contributed by atoms with Gasteiger partial charge < -0.3 is 15.0 Å². The van der Waals surface area contributed by atoms with Crippen molar-refractivity contribution in [3.63, 3.8) is 0 Å². The van der Waals surface area contributed by atoms with Gasteiger partial charge in [-0.3, -0.25) is 0 Å². The lowest BCUT2D eigenvalue weighted by Crippen LogP contribution is -2.17. The predicted octanol–water partition coefficient (Wildman–Crippen LogP) is 3.08. The summed E-state index contributed by atoms with van der Waals surface area (Å²) in [4.78, 5) is 4.79. The minimum absolute atomic E-state index is 0.306. The molecule has 1 unspecified atom stereocenters. The number of methoxy groups -OCH3 is 1. The summed E-state index contributed by atoms with van der Waals surface area (Å²) in [5.41, 5.74) is 8.02. The second-order valence-corrected chi connectivity index (χ2v) is 5.13. The van der Waals surface area contributed by atoms with E-state index in [0.29, 0.717) is 18.5 Å². The Morgan fingerprint density at radius 3 is 2.63 bits per heavy atom. The number of ether oxygens (including phenoxy) is 1. The zero-order valence-corrected chi connectivity index (χ0v) is 12.2. The van der Waals surface area contributed by atoms with Crippen LogP contribution in [0.3, 0.4) is 0 Å². The van der Waals surface area contributed by atoms with Crippen molar-refractivity contribution in [3.8, 4) is 5.75 Å². The van der Waals surface area contributed by atoms with E-state index in [-0.39, 0.29) is 0 Å². The highest BCUT2D eigenvalue weighted by atomic mass is 16.5. The number of imidazole rings is 1. The van der Waals surface area contributed by atoms with Crippen molar-refractivity contribution in [1.82, 2.24) is 9.55 Å². The SMILES string of the molecule is CCC(CN)c1nc2cc(OC)ccc2n1C(C)C. The average Bonchev–Trinajstić information content (AvgIpc) is 2.78. The van der Waals surface area contributed by atoms with E-state index in [9.17, 15) is 0 Å². The highest BCUT2D eigenvalue weighted by Gasteiger charge is 2.19. The second kappa shape index (κ2) is 5.61. The summed E-state index contributed by atoms with van der Waals surface area (Å²) in [6.07, 6.45) is 1.00. The summed E-state index contributed by atoms with van der Waals surface area (Å²) < 4.78 is 7.56. The Morgan fingerprint density at radius 2 is 2.11 bits per heavy atom. The molecule has 0 amide bonds. The molecule has 1 heterocycles. The molecule has 0 aliphatic rings. The molecule has 1 aromatic heterocycles. The van der Waals surface area contributed by atoms with E-state index in [0.717, 1.165) is 29.0 Å². The number of nitrogens with two attached hydrogens (primary N) is 1. The molecule has 2 aromatic rings. The summed E-state index contributed by atoms with van der Waals surface area (Å²) in [7, 11) is 1.68. The Morgan fingerprint density at radius 1 is 1.37 bits per heavy atom. The topological polar surface area (TPSA) is 53.1 Å². The molecule has 0 saturated carbocycles. The molecular formula is C15H23N3O. The highest BCUT2D eigenvalue weighted by molar-refractivity contribution is 5.78. The molecule has 104 valence electrons. The highest BCUT2D eigenvalue weighted by Crippen LogP contribution is 2.29. The molecule has 0 aliphatic carbocycles. The van der Waals surface area contributed by atoms with Crippen molar-refractivity contribution >= 4 is 11.0 Å². The molecule has 0 bridgehead atoms. The molecule has 4 heteroatoms. The molecule has 2 N–H and O–H groups in total. The summed E-state index contributed by atoms with van der Waals surface area (Å²) >= 11 is 0. The molecule has 2 rings (SSSR count). The molecule has 19 heavy (non-hydrogen) atoms. The average molecular weight is 261 g/mol. The van der Waals surface area contributed by atoms with E-state index in [1.54, 1.807) is 7.11 Å². The van der Waals surface area contributed by atoms with Crippen LogP contribution < -0.4 is 10.5 Å². The summed E-state index contributed by atoms with van der Waals surface area (Å²) in [6.45, 7) is 7.14. The lowest BCUT2D eigenvalue weighted by atomic mass is 10.1. The van der Waals surface area contributed by atoms with Crippen molar-refractivity contribution in [2.45, 2.75) is 39.2 Å². The van der Waals surface area contributed by atoms with Crippen molar-refractivity contribution in [3.05, 3.63) is 24.0 Å². The Kier molecular flexibility index (Phi) is 4.10. The maximum Gasteiger partial charge on any atom is 0.121 e. The number of benzene rings is 1. The molecule has 0 radical (unpaired) electrons. The van der Waals surface area contributed by atoms with Gasteiger partial charge in [-0.25, -0.2) is 4.98 Å². The third-order valence-electron chi connectivity index (χ3n) is 3.58. The van der Waals surface area contributed by atoms with Gasteiger partial charge >= 0.3 is 0 Å². The molecule has 1 aromatic carbocycles. The Bertz CT molecular complexity index is 556. The number of hydrogen-bond donors (Lipinski definition) is 1. The molecule has 0 spiro atoms. The zero-order valence-electron chi connectivity index (χ0n) is 12.2. The maximum atomic E-state index is 5.88. The molecule has 0 aliphatic heterocycles. The van der Waals surface area contributed by atoms with Gasteiger partial charge in [-0.1, -0.05) is 6.92 Å². The van der Waals surface area contributed by atoms with Gasteiger partial charge in [0.1, 0.15) is 11.6 Å². The molecule has 1 atom stereocenters. The first kappa shape index (κ1) is 13.9. The van der Waals surface area contributed by atoms with Crippen molar-refractivity contribution < 1.29 is 4.74 Å². The fourth-order valence-corrected chi connectivity index (χ4v) is 2.51. The predicted molar refractivity (Wildman–Crippen MR) is 78.8 cm³/mol. The minimum atomic E-state index is 0.306. The standard InChI is InChI=1S/C15H23N3O/c1-5-11(9-16)15-17-13-8-12(19-4)6-7-14(13)18(15)10(2)3/h6-8,10-11H,5,9,16H2,1-4H3. The number of aromatic nitrogens is 2. The molecule has 0 fully saturated rings. The molecular weight excluding hydrogens is 238 g/mol. The summed E-state index contributed by atoms with van der Waals surface area (Å²) in [6, 6.07) is 6.42. The van der Waals surface area contributed by atoms with E-state index in [2.05, 4.69) is 31.4 Å².